The van der Waals surface area contributed by atoms with Crippen LogP contribution < -0.4 is 0 Å². The lowest BCUT2D eigenvalue weighted by molar-refractivity contribution is -0.161. The van der Waals surface area contributed by atoms with Gasteiger partial charge >= 0.3 is 39.5 Å². The number of aliphatic hydroxyl groups excluding tert-OH is 1. The molecule has 0 aliphatic heterocycles. The smallest absolute Gasteiger partial charge is 0.462 e. The third kappa shape index (κ3) is 75.3. The molecule has 0 rings (SSSR count). The van der Waals surface area contributed by atoms with Gasteiger partial charge in [-0.1, -0.05) is 383 Å². The zero-order valence-corrected chi connectivity index (χ0v) is 69.7. The quantitative estimate of drug-likeness (QED) is 0.0222. The van der Waals surface area contributed by atoms with E-state index in [0.29, 0.717) is 25.7 Å². The fraction of sp³-hybridized carbons (Fsp3) is 0.952. The van der Waals surface area contributed by atoms with Crippen LogP contribution in [0.5, 0.6) is 0 Å². The number of rotatable bonds is 81. The number of carbonyl (C=O) groups excluding carboxylic acids is 4. The SMILES string of the molecule is CCC(C)CCCCCCCCCCCCCCCCCCCCC(=O)OC[C@H](COP(=O)(O)OC[C@@H](O)COP(=O)(O)OC[C@@H](COC(=O)CCCCCCCCC(C)CC)OC(=O)CCCCCCCCCCCCCCCCC(C)C)OC(=O)CCCCCCCCCCCCCC(C)C. The predicted molar refractivity (Wildman–Crippen MR) is 423 cm³/mol. The fourth-order valence-corrected chi connectivity index (χ4v) is 14.5. The predicted octanol–water partition coefficient (Wildman–Crippen LogP) is 25.2. The molecule has 19 heteroatoms. The highest BCUT2D eigenvalue weighted by Crippen LogP contribution is 2.45. The average molecular weight is 1510 g/mol. The summed E-state index contributed by atoms with van der Waals surface area (Å²) in [5.41, 5.74) is 0. The average Bonchev–Trinajstić information content (AvgIpc) is 0.919. The van der Waals surface area contributed by atoms with Gasteiger partial charge in [0.05, 0.1) is 26.4 Å². The standard InChI is InChI=1S/C84H164O17P2/c1-9-76(7)62-54-46-38-32-26-20-15-13-11-12-14-16-21-27-33-39-48-56-64-81(86)94-70-79(100-84(89)67-59-51-41-35-29-23-25-31-37-45-53-61-75(5)6)72-98-102(90,91)96-68-78(85)69-97-103(92,93)99-73-80(71-95-82(87)65-57-49-43-42-47-55-63-77(8)10-2)101-83(88)66-58-50-40-34-28-22-18-17-19-24-30-36-44-52-60-74(3)4/h74-80,85H,9-73H2,1-8H3,(H,90,91)(H,92,93)/t76?,77?,78-,79-,80-/m1/s1. The summed E-state index contributed by atoms with van der Waals surface area (Å²) in [7, 11) is -9.93. The Morgan fingerprint density at radius 3 is 0.689 bits per heavy atom. The highest BCUT2D eigenvalue weighted by molar-refractivity contribution is 7.47. The van der Waals surface area contributed by atoms with Crippen molar-refractivity contribution in [3.63, 3.8) is 0 Å². The normalized spacial score (nSPS) is 14.5. The second kappa shape index (κ2) is 72.9. The minimum absolute atomic E-state index is 0.106. The van der Waals surface area contributed by atoms with Crippen molar-refractivity contribution in [2.75, 3.05) is 39.6 Å². The molecule has 0 radical (unpaired) electrons. The van der Waals surface area contributed by atoms with Crippen LogP contribution in [0, 0.1) is 23.7 Å². The van der Waals surface area contributed by atoms with Crippen LogP contribution in [0.2, 0.25) is 0 Å². The lowest BCUT2D eigenvalue weighted by Crippen LogP contribution is -2.30. The van der Waals surface area contributed by atoms with E-state index >= 15 is 0 Å². The van der Waals surface area contributed by atoms with E-state index in [1.54, 1.807) is 0 Å². The van der Waals surface area contributed by atoms with Gasteiger partial charge in [-0.3, -0.25) is 37.3 Å². The maximum absolute atomic E-state index is 13.1. The van der Waals surface area contributed by atoms with E-state index in [1.807, 2.05) is 0 Å². The highest BCUT2D eigenvalue weighted by atomic mass is 31.2. The van der Waals surface area contributed by atoms with Crippen LogP contribution in [0.3, 0.4) is 0 Å². The van der Waals surface area contributed by atoms with Crippen molar-refractivity contribution in [2.45, 2.75) is 453 Å². The molecule has 3 N–H and O–H groups in total. The van der Waals surface area contributed by atoms with Crippen molar-refractivity contribution in [3.05, 3.63) is 0 Å². The molecule has 7 atom stereocenters. The Morgan fingerprint density at radius 2 is 0.466 bits per heavy atom. The van der Waals surface area contributed by atoms with Crippen LogP contribution in [-0.2, 0) is 65.4 Å². The Hall–Kier alpha value is -1.94. The Labute approximate surface area is 632 Å². The second-order valence-corrected chi connectivity index (χ2v) is 34.6. The van der Waals surface area contributed by atoms with Crippen LogP contribution in [-0.4, -0.2) is 96.7 Å². The molecule has 0 aromatic heterocycles. The first-order valence-electron chi connectivity index (χ1n) is 43.3. The number of hydrogen-bond donors (Lipinski definition) is 3. The van der Waals surface area contributed by atoms with Crippen molar-refractivity contribution in [1.29, 1.82) is 0 Å². The summed E-state index contributed by atoms with van der Waals surface area (Å²) in [6.07, 6.45) is 61.1. The lowest BCUT2D eigenvalue weighted by Gasteiger charge is -2.21. The Balaban J connectivity index is 5.20. The monoisotopic (exact) mass is 1510 g/mol. The number of esters is 4. The molecule has 103 heavy (non-hydrogen) atoms. The number of hydrogen-bond acceptors (Lipinski definition) is 15. The number of ether oxygens (including phenoxy) is 4. The number of phosphoric acid groups is 2. The molecule has 612 valence electrons. The van der Waals surface area contributed by atoms with Crippen molar-refractivity contribution < 1.29 is 80.2 Å². The molecule has 4 unspecified atom stereocenters. The third-order valence-electron chi connectivity index (χ3n) is 20.3. The third-order valence-corrected chi connectivity index (χ3v) is 22.2. The first kappa shape index (κ1) is 101. The first-order valence-corrected chi connectivity index (χ1v) is 46.3. The first-order chi connectivity index (χ1) is 49.7. The molecule has 0 aromatic rings. The van der Waals surface area contributed by atoms with Crippen LogP contribution >= 0.6 is 15.6 Å². The van der Waals surface area contributed by atoms with Crippen molar-refractivity contribution >= 4 is 39.5 Å². The van der Waals surface area contributed by atoms with E-state index in [9.17, 15) is 43.2 Å². The molecule has 0 aliphatic carbocycles. The summed E-state index contributed by atoms with van der Waals surface area (Å²) in [5.74, 6) is 1.05. The van der Waals surface area contributed by atoms with E-state index in [0.717, 1.165) is 120 Å². The van der Waals surface area contributed by atoms with Crippen LogP contribution in [0.4, 0.5) is 0 Å². The molecule has 0 bridgehead atoms. The van der Waals surface area contributed by atoms with Crippen LogP contribution in [0.25, 0.3) is 0 Å². The maximum atomic E-state index is 13.1. The second-order valence-electron chi connectivity index (χ2n) is 31.7. The van der Waals surface area contributed by atoms with Crippen LogP contribution in [0.15, 0.2) is 0 Å². The van der Waals surface area contributed by atoms with Crippen LogP contribution in [0.1, 0.15) is 434 Å². The minimum Gasteiger partial charge on any atom is -0.462 e. The zero-order chi connectivity index (χ0) is 76.0. The summed E-state index contributed by atoms with van der Waals surface area (Å²) in [5, 5.41) is 10.7. The summed E-state index contributed by atoms with van der Waals surface area (Å²) in [6.45, 7) is 14.3. The molecule has 0 aliphatic rings. The van der Waals surface area contributed by atoms with Gasteiger partial charge in [0.15, 0.2) is 12.2 Å². The summed E-state index contributed by atoms with van der Waals surface area (Å²) >= 11 is 0. The van der Waals surface area contributed by atoms with Gasteiger partial charge in [-0.25, -0.2) is 9.13 Å². The molecule has 0 aromatic carbocycles. The Kier molecular flexibility index (Phi) is 71.5. The Bertz CT molecular complexity index is 2010. The van der Waals surface area contributed by atoms with Gasteiger partial charge in [0, 0.05) is 25.7 Å². The molecule has 17 nitrogen and oxygen atoms in total. The molecular formula is C84H164O17P2. The van der Waals surface area contributed by atoms with Crippen molar-refractivity contribution in [2.24, 2.45) is 23.7 Å². The zero-order valence-electron chi connectivity index (χ0n) is 68.0. The largest absolute Gasteiger partial charge is 0.472 e. The molecule has 0 saturated heterocycles. The van der Waals surface area contributed by atoms with Gasteiger partial charge < -0.3 is 33.8 Å². The number of phosphoric ester groups is 2. The number of carbonyl (C=O) groups is 4. The van der Waals surface area contributed by atoms with Gasteiger partial charge in [-0.15, -0.1) is 0 Å². The van der Waals surface area contributed by atoms with Gasteiger partial charge in [0.1, 0.15) is 19.3 Å². The van der Waals surface area contributed by atoms with Gasteiger partial charge in [0.25, 0.3) is 0 Å². The van der Waals surface area contributed by atoms with Crippen molar-refractivity contribution in [3.8, 4) is 0 Å². The van der Waals surface area contributed by atoms with E-state index in [4.69, 9.17) is 37.0 Å². The number of aliphatic hydroxyl groups is 1. The molecule has 0 fully saturated rings. The summed E-state index contributed by atoms with van der Waals surface area (Å²) in [6, 6.07) is 0. The molecule has 0 amide bonds. The van der Waals surface area contributed by atoms with E-state index in [2.05, 4.69) is 55.4 Å². The van der Waals surface area contributed by atoms with E-state index in [1.165, 1.54) is 231 Å². The molecular weight excluding hydrogens is 1340 g/mol. The summed E-state index contributed by atoms with van der Waals surface area (Å²) < 4.78 is 68.8. The van der Waals surface area contributed by atoms with Gasteiger partial charge in [0.2, 0.25) is 0 Å². The van der Waals surface area contributed by atoms with Gasteiger partial charge in [-0.2, -0.15) is 0 Å². The topological polar surface area (TPSA) is 237 Å². The molecule has 0 spiro atoms. The Morgan fingerprint density at radius 1 is 0.272 bits per heavy atom. The fourth-order valence-electron chi connectivity index (χ4n) is 12.9. The van der Waals surface area contributed by atoms with Crippen molar-refractivity contribution in [1.82, 2.24) is 0 Å². The maximum Gasteiger partial charge on any atom is 0.472 e. The van der Waals surface area contributed by atoms with E-state index < -0.39 is 97.5 Å². The number of unbranched alkanes of at least 4 members (excludes halogenated alkanes) is 45. The highest BCUT2D eigenvalue weighted by Gasteiger charge is 2.30. The molecule has 0 saturated carbocycles. The van der Waals surface area contributed by atoms with E-state index in [-0.39, 0.29) is 25.7 Å². The van der Waals surface area contributed by atoms with Gasteiger partial charge in [-0.05, 0) is 49.4 Å². The molecule has 0 heterocycles. The minimum atomic E-state index is -4.96. The lowest BCUT2D eigenvalue weighted by atomic mass is 9.99. The summed E-state index contributed by atoms with van der Waals surface area (Å²) in [4.78, 5) is 73.1.